The average molecular weight is 373 g/mol. The van der Waals surface area contributed by atoms with E-state index in [0.29, 0.717) is 12.1 Å². The molecule has 0 unspecified atom stereocenters. The first-order chi connectivity index (χ1) is 12.1. The zero-order valence-corrected chi connectivity index (χ0v) is 16.5. The fourth-order valence-electron chi connectivity index (χ4n) is 3.97. The van der Waals surface area contributed by atoms with Crippen LogP contribution >= 0.6 is 23.4 Å². The summed E-state index contributed by atoms with van der Waals surface area (Å²) in [5.41, 5.74) is 2.85. The number of fused-ring (bicyclic) bond motifs is 2. The van der Waals surface area contributed by atoms with Crippen molar-refractivity contribution in [1.29, 1.82) is 0 Å². The molecule has 25 heavy (non-hydrogen) atoms. The highest BCUT2D eigenvalue weighted by Gasteiger charge is 2.30. The molecule has 2 aliphatic rings. The summed E-state index contributed by atoms with van der Waals surface area (Å²) in [6, 6.07) is 16.3. The molecule has 1 fully saturated rings. The van der Waals surface area contributed by atoms with Crippen LogP contribution in [0.5, 0.6) is 0 Å². The molecule has 1 saturated heterocycles. The molecular weight excluding hydrogens is 348 g/mol. The molecular formula is C21H25ClN2S. The largest absolute Gasteiger partial charge is 0.298 e. The minimum atomic E-state index is 0.416. The van der Waals surface area contributed by atoms with E-state index in [1.807, 2.05) is 17.8 Å². The van der Waals surface area contributed by atoms with E-state index in [9.17, 15) is 0 Å². The van der Waals surface area contributed by atoms with Gasteiger partial charge in [-0.1, -0.05) is 41.6 Å². The molecule has 0 spiro atoms. The van der Waals surface area contributed by atoms with E-state index < -0.39 is 0 Å². The van der Waals surface area contributed by atoms with Crippen molar-refractivity contribution in [2.45, 2.75) is 42.1 Å². The minimum Gasteiger partial charge on any atom is -0.298 e. The fraction of sp³-hybridized carbons (Fsp3) is 0.429. The van der Waals surface area contributed by atoms with E-state index in [2.05, 4.69) is 60.0 Å². The molecule has 0 N–H and O–H groups in total. The number of nitrogens with zero attached hydrogens (tertiary/aromatic N) is 2. The van der Waals surface area contributed by atoms with E-state index in [0.717, 1.165) is 37.6 Å². The Morgan fingerprint density at radius 1 is 1.00 bits per heavy atom. The first-order valence-corrected chi connectivity index (χ1v) is 10.3. The Balaban J connectivity index is 1.68. The molecule has 4 rings (SSSR count). The normalized spacial score (nSPS) is 21.7. The Morgan fingerprint density at radius 3 is 2.52 bits per heavy atom. The quantitative estimate of drug-likeness (QED) is 0.722. The maximum absolute atomic E-state index is 6.37. The number of rotatable bonds is 2. The molecule has 1 atom stereocenters. The molecule has 2 aliphatic heterocycles. The number of hydrogen-bond donors (Lipinski definition) is 0. The predicted molar refractivity (Wildman–Crippen MR) is 107 cm³/mol. The maximum Gasteiger partial charge on any atom is 0.0410 e. The topological polar surface area (TPSA) is 6.48 Å². The summed E-state index contributed by atoms with van der Waals surface area (Å²) in [6.45, 7) is 9.15. The molecule has 0 aromatic heterocycles. The summed E-state index contributed by atoms with van der Waals surface area (Å²) >= 11 is 8.26. The van der Waals surface area contributed by atoms with Crippen molar-refractivity contribution >= 4 is 23.4 Å². The van der Waals surface area contributed by atoms with Crippen molar-refractivity contribution in [1.82, 2.24) is 9.80 Å². The zero-order chi connectivity index (χ0) is 17.4. The Hall–Kier alpha value is -1.00. The molecule has 2 aromatic carbocycles. The second-order valence-electron chi connectivity index (χ2n) is 7.28. The van der Waals surface area contributed by atoms with Crippen LogP contribution in [0, 0.1) is 0 Å². The van der Waals surface area contributed by atoms with E-state index in [1.54, 1.807) is 0 Å². The van der Waals surface area contributed by atoms with Crippen LogP contribution in [0.4, 0.5) is 0 Å². The van der Waals surface area contributed by atoms with Gasteiger partial charge in [0.2, 0.25) is 0 Å². The van der Waals surface area contributed by atoms with Gasteiger partial charge in [-0.3, -0.25) is 9.80 Å². The van der Waals surface area contributed by atoms with Crippen LogP contribution in [-0.2, 0) is 6.42 Å². The van der Waals surface area contributed by atoms with Gasteiger partial charge in [-0.2, -0.15) is 0 Å². The van der Waals surface area contributed by atoms with Crippen LogP contribution in [0.2, 0.25) is 5.02 Å². The molecule has 0 aliphatic carbocycles. The van der Waals surface area contributed by atoms with Crippen LogP contribution in [0.15, 0.2) is 52.3 Å². The summed E-state index contributed by atoms with van der Waals surface area (Å²) in [7, 11) is 0. The summed E-state index contributed by atoms with van der Waals surface area (Å²) in [5.74, 6) is 0. The molecule has 2 nitrogen and oxygen atoms in total. The number of piperazine rings is 1. The molecule has 0 radical (unpaired) electrons. The summed E-state index contributed by atoms with van der Waals surface area (Å²) < 4.78 is 0. The van der Waals surface area contributed by atoms with Crippen LogP contribution in [0.1, 0.15) is 31.0 Å². The summed E-state index contributed by atoms with van der Waals surface area (Å²) in [6.07, 6.45) is 1.07. The standard InChI is InChI=1S/C21H25ClN2S/c1-15(2)23-9-11-24(12-10-23)19-13-16-5-3-4-6-20(16)25-21-8-7-17(22)14-18(19)21/h3-8,14-15,19H,9-13H2,1-2H3/t19-/m0/s1. The highest BCUT2D eigenvalue weighted by molar-refractivity contribution is 7.99. The van der Waals surface area contributed by atoms with Crippen LogP contribution in [0.3, 0.4) is 0 Å². The Bertz CT molecular complexity index is 753. The summed E-state index contributed by atoms with van der Waals surface area (Å²) in [4.78, 5) is 7.98. The van der Waals surface area contributed by atoms with E-state index >= 15 is 0 Å². The monoisotopic (exact) mass is 372 g/mol. The summed E-state index contributed by atoms with van der Waals surface area (Å²) in [5, 5.41) is 0.844. The van der Waals surface area contributed by atoms with Crippen molar-refractivity contribution in [3.8, 4) is 0 Å². The van der Waals surface area contributed by atoms with E-state index in [4.69, 9.17) is 11.6 Å². The van der Waals surface area contributed by atoms with Gasteiger partial charge in [-0.05, 0) is 55.7 Å². The average Bonchev–Trinajstić information content (AvgIpc) is 2.78. The third-order valence-corrected chi connectivity index (χ3v) is 6.90. The molecule has 2 heterocycles. The smallest absolute Gasteiger partial charge is 0.0410 e. The number of halogens is 1. The Kier molecular flexibility index (Phi) is 5.10. The third kappa shape index (κ3) is 3.61. The van der Waals surface area contributed by atoms with E-state index in [-0.39, 0.29) is 0 Å². The second kappa shape index (κ2) is 7.32. The first-order valence-electron chi connectivity index (χ1n) is 9.15. The van der Waals surface area contributed by atoms with Gasteiger partial charge >= 0.3 is 0 Å². The van der Waals surface area contributed by atoms with Gasteiger partial charge in [-0.25, -0.2) is 0 Å². The third-order valence-electron chi connectivity index (χ3n) is 5.46. The minimum absolute atomic E-state index is 0.416. The van der Waals surface area contributed by atoms with Crippen molar-refractivity contribution in [2.24, 2.45) is 0 Å². The van der Waals surface area contributed by atoms with Crippen LogP contribution in [-0.4, -0.2) is 42.0 Å². The predicted octanol–water partition coefficient (Wildman–Crippen LogP) is 5.11. The maximum atomic E-state index is 6.37. The lowest BCUT2D eigenvalue weighted by molar-refractivity contribution is 0.0768. The lowest BCUT2D eigenvalue weighted by atomic mass is 9.96. The molecule has 0 amide bonds. The number of hydrogen-bond acceptors (Lipinski definition) is 3. The van der Waals surface area contributed by atoms with Crippen LogP contribution < -0.4 is 0 Å². The molecule has 4 heteroatoms. The SMILES string of the molecule is CC(C)N1CCN([C@H]2Cc3ccccc3Sc3ccc(Cl)cc32)CC1. The van der Waals surface area contributed by atoms with Gasteiger partial charge < -0.3 is 0 Å². The highest BCUT2D eigenvalue weighted by atomic mass is 35.5. The van der Waals surface area contributed by atoms with Crippen molar-refractivity contribution in [2.75, 3.05) is 26.2 Å². The molecule has 0 saturated carbocycles. The van der Waals surface area contributed by atoms with Crippen LogP contribution in [0.25, 0.3) is 0 Å². The first kappa shape index (κ1) is 17.4. The lowest BCUT2D eigenvalue weighted by Gasteiger charge is -2.41. The van der Waals surface area contributed by atoms with Crippen molar-refractivity contribution < 1.29 is 0 Å². The van der Waals surface area contributed by atoms with Gasteiger partial charge in [0.1, 0.15) is 0 Å². The van der Waals surface area contributed by atoms with Gasteiger partial charge in [0.05, 0.1) is 0 Å². The van der Waals surface area contributed by atoms with Gasteiger partial charge in [0.15, 0.2) is 0 Å². The van der Waals surface area contributed by atoms with E-state index in [1.165, 1.54) is 20.9 Å². The van der Waals surface area contributed by atoms with Gasteiger partial charge in [-0.15, -0.1) is 0 Å². The van der Waals surface area contributed by atoms with Crippen molar-refractivity contribution in [3.63, 3.8) is 0 Å². The Labute approximate surface area is 160 Å². The highest BCUT2D eigenvalue weighted by Crippen LogP contribution is 2.43. The molecule has 132 valence electrons. The van der Waals surface area contributed by atoms with Gasteiger partial charge in [0.25, 0.3) is 0 Å². The fourth-order valence-corrected chi connectivity index (χ4v) is 5.27. The molecule has 2 aromatic rings. The van der Waals surface area contributed by atoms with Gasteiger partial charge in [0, 0.05) is 53.1 Å². The lowest BCUT2D eigenvalue weighted by Crippen LogP contribution is -2.50. The Morgan fingerprint density at radius 2 is 1.76 bits per heavy atom. The zero-order valence-electron chi connectivity index (χ0n) is 14.9. The van der Waals surface area contributed by atoms with Crippen molar-refractivity contribution in [3.05, 3.63) is 58.6 Å². The molecule has 0 bridgehead atoms. The second-order valence-corrected chi connectivity index (χ2v) is 8.80. The number of benzene rings is 2.